The van der Waals surface area contributed by atoms with Crippen LogP contribution in [0.5, 0.6) is 0 Å². The molecule has 0 atom stereocenters. The molecular formula is C12H13BrO3. The molecule has 3 nitrogen and oxygen atoms in total. The van der Waals surface area contributed by atoms with E-state index in [1.165, 1.54) is 0 Å². The molecule has 0 heterocycles. The van der Waals surface area contributed by atoms with E-state index in [9.17, 15) is 9.59 Å². The Labute approximate surface area is 103 Å². The first-order valence-electron chi connectivity index (χ1n) is 5.12. The van der Waals surface area contributed by atoms with Crippen LogP contribution in [-0.2, 0) is 4.74 Å². The van der Waals surface area contributed by atoms with Crippen LogP contribution < -0.4 is 0 Å². The van der Waals surface area contributed by atoms with Crippen LogP contribution in [0, 0.1) is 0 Å². The van der Waals surface area contributed by atoms with Crippen molar-refractivity contribution in [2.45, 2.75) is 19.8 Å². The average molecular weight is 285 g/mol. The second-order valence-corrected chi connectivity index (χ2v) is 4.06. The first-order valence-corrected chi connectivity index (χ1v) is 5.91. The zero-order valence-electron chi connectivity index (χ0n) is 9.03. The molecule has 1 aromatic carbocycles. The lowest BCUT2D eigenvalue weighted by atomic mass is 10.1. The van der Waals surface area contributed by atoms with Crippen LogP contribution in [0.3, 0.4) is 0 Å². The van der Waals surface area contributed by atoms with Gasteiger partial charge in [-0.1, -0.05) is 13.3 Å². The molecule has 0 aliphatic heterocycles. The van der Waals surface area contributed by atoms with Crippen molar-refractivity contribution >= 4 is 26.6 Å². The summed E-state index contributed by atoms with van der Waals surface area (Å²) in [5.74, 6) is -0.345. The topological polar surface area (TPSA) is 43.4 Å². The Bertz CT molecular complexity index is 370. The van der Waals surface area contributed by atoms with Crippen LogP contribution >= 0.6 is 15.9 Å². The number of halogens is 1. The van der Waals surface area contributed by atoms with Gasteiger partial charge in [-0.05, 0) is 46.6 Å². The monoisotopic (exact) mass is 284 g/mol. The summed E-state index contributed by atoms with van der Waals surface area (Å²) in [7, 11) is 0. The van der Waals surface area contributed by atoms with Gasteiger partial charge in [-0.15, -0.1) is 0 Å². The maximum Gasteiger partial charge on any atom is 0.338 e. The van der Waals surface area contributed by atoms with Crippen LogP contribution in [0.25, 0.3) is 0 Å². The molecule has 0 amide bonds. The highest BCUT2D eigenvalue weighted by Gasteiger charge is 2.07. The lowest BCUT2D eigenvalue weighted by Crippen LogP contribution is -2.06. The van der Waals surface area contributed by atoms with Crippen LogP contribution in [0.15, 0.2) is 24.3 Å². The van der Waals surface area contributed by atoms with Crippen molar-refractivity contribution < 1.29 is 14.3 Å². The number of unbranched alkanes of at least 4 members (excludes halogenated alkanes) is 1. The summed E-state index contributed by atoms with van der Waals surface area (Å²) in [5.41, 5.74) is 0.985. The van der Waals surface area contributed by atoms with Gasteiger partial charge in [0, 0.05) is 5.56 Å². The molecule has 0 bridgehead atoms. The normalized spacial score (nSPS) is 9.88. The fourth-order valence-electron chi connectivity index (χ4n) is 1.13. The van der Waals surface area contributed by atoms with Crippen LogP contribution in [0.4, 0.5) is 0 Å². The van der Waals surface area contributed by atoms with Crippen molar-refractivity contribution in [3.63, 3.8) is 0 Å². The molecule has 86 valence electrons. The van der Waals surface area contributed by atoms with Crippen molar-refractivity contribution in [1.82, 2.24) is 0 Å². The maximum absolute atomic E-state index is 11.5. The van der Waals surface area contributed by atoms with Crippen LogP contribution in [0.2, 0.25) is 0 Å². The van der Waals surface area contributed by atoms with Gasteiger partial charge in [0.1, 0.15) is 0 Å². The third kappa shape index (κ3) is 3.77. The second kappa shape index (κ2) is 6.43. The zero-order valence-corrected chi connectivity index (χ0v) is 10.6. The van der Waals surface area contributed by atoms with Gasteiger partial charge in [0.05, 0.1) is 12.2 Å². The van der Waals surface area contributed by atoms with E-state index in [2.05, 4.69) is 15.9 Å². The summed E-state index contributed by atoms with van der Waals surface area (Å²) < 4.78 is 4.84. The molecule has 0 saturated carbocycles. The highest BCUT2D eigenvalue weighted by atomic mass is 79.9. The minimum absolute atomic E-state index is 0.196. The predicted octanol–water partition coefficient (Wildman–Crippen LogP) is 3.18. The molecule has 4 heteroatoms. The van der Waals surface area contributed by atoms with Gasteiger partial charge in [-0.25, -0.2) is 4.79 Å². The van der Waals surface area contributed by atoms with Crippen molar-refractivity contribution in [3.05, 3.63) is 35.4 Å². The minimum atomic E-state index is -0.345. The van der Waals surface area contributed by atoms with E-state index in [-0.39, 0.29) is 10.7 Å². The van der Waals surface area contributed by atoms with Gasteiger partial charge in [0.2, 0.25) is 4.69 Å². The van der Waals surface area contributed by atoms with Gasteiger partial charge in [0.25, 0.3) is 0 Å². The molecule has 0 spiro atoms. The van der Waals surface area contributed by atoms with Gasteiger partial charge in [0.15, 0.2) is 0 Å². The third-order valence-corrected chi connectivity index (χ3v) is 2.54. The van der Waals surface area contributed by atoms with Gasteiger partial charge in [-0.3, -0.25) is 4.79 Å². The Hall–Kier alpha value is -1.16. The largest absolute Gasteiger partial charge is 0.462 e. The van der Waals surface area contributed by atoms with Crippen molar-refractivity contribution in [3.8, 4) is 0 Å². The number of esters is 1. The highest BCUT2D eigenvalue weighted by Crippen LogP contribution is 2.09. The van der Waals surface area contributed by atoms with E-state index >= 15 is 0 Å². The summed E-state index contributed by atoms with van der Waals surface area (Å²) in [6, 6.07) is 6.35. The molecule has 1 aromatic rings. The number of ether oxygens (including phenoxy) is 1. The number of carbonyl (C=O) groups excluding carboxylic acids is 2. The van der Waals surface area contributed by atoms with Gasteiger partial charge >= 0.3 is 5.97 Å². The zero-order chi connectivity index (χ0) is 12.0. The third-order valence-electron chi connectivity index (χ3n) is 2.08. The summed E-state index contributed by atoms with van der Waals surface area (Å²) in [6.45, 7) is 2.47. The smallest absolute Gasteiger partial charge is 0.338 e. The number of hydrogen-bond acceptors (Lipinski definition) is 3. The minimum Gasteiger partial charge on any atom is -0.462 e. The van der Waals surface area contributed by atoms with E-state index in [1.807, 2.05) is 6.92 Å². The molecular weight excluding hydrogens is 272 g/mol. The standard InChI is InChI=1S/C12H13BrO3/c1-2-3-8-16-12(15)10-6-4-9(5-7-10)11(13)14/h4-7H,2-3,8H2,1H3. The summed E-state index contributed by atoms with van der Waals surface area (Å²) in [5, 5.41) is 0. The molecule has 0 unspecified atom stereocenters. The Morgan fingerprint density at radius 1 is 1.19 bits per heavy atom. The van der Waals surface area contributed by atoms with Crippen molar-refractivity contribution in [2.24, 2.45) is 0 Å². The number of rotatable bonds is 5. The molecule has 1 rings (SSSR count). The van der Waals surface area contributed by atoms with Crippen molar-refractivity contribution in [2.75, 3.05) is 6.61 Å². The van der Waals surface area contributed by atoms with Gasteiger partial charge < -0.3 is 4.74 Å². The van der Waals surface area contributed by atoms with E-state index in [1.54, 1.807) is 24.3 Å². The Kier molecular flexibility index (Phi) is 5.19. The number of benzene rings is 1. The van der Waals surface area contributed by atoms with E-state index in [4.69, 9.17) is 4.74 Å². The average Bonchev–Trinajstić information content (AvgIpc) is 2.29. The SMILES string of the molecule is CCCCOC(=O)c1ccc(C(=O)Br)cc1. The molecule has 0 aromatic heterocycles. The lowest BCUT2D eigenvalue weighted by Gasteiger charge is -2.03. The predicted molar refractivity (Wildman–Crippen MR) is 64.9 cm³/mol. The number of carbonyl (C=O) groups is 2. The highest BCUT2D eigenvalue weighted by molar-refractivity contribution is 9.18. The Morgan fingerprint density at radius 2 is 1.75 bits per heavy atom. The molecule has 16 heavy (non-hydrogen) atoms. The van der Waals surface area contributed by atoms with Crippen molar-refractivity contribution in [1.29, 1.82) is 0 Å². The molecule has 0 aliphatic carbocycles. The Morgan fingerprint density at radius 3 is 2.25 bits per heavy atom. The fourth-order valence-corrected chi connectivity index (χ4v) is 1.39. The number of hydrogen-bond donors (Lipinski definition) is 0. The summed E-state index contributed by atoms with van der Waals surface area (Å²) in [6.07, 6.45) is 1.86. The Balaban J connectivity index is 2.59. The summed E-state index contributed by atoms with van der Waals surface area (Å²) in [4.78, 5) is 22.4. The van der Waals surface area contributed by atoms with E-state index in [0.717, 1.165) is 12.8 Å². The van der Waals surface area contributed by atoms with Gasteiger partial charge in [-0.2, -0.15) is 0 Å². The van der Waals surface area contributed by atoms with E-state index < -0.39 is 0 Å². The molecule has 0 radical (unpaired) electrons. The molecule has 0 N–H and O–H groups in total. The van der Waals surface area contributed by atoms with E-state index in [0.29, 0.717) is 17.7 Å². The quantitative estimate of drug-likeness (QED) is 0.474. The maximum atomic E-state index is 11.5. The second-order valence-electron chi connectivity index (χ2n) is 3.34. The molecule has 0 aliphatic rings. The van der Waals surface area contributed by atoms with Crippen LogP contribution in [0.1, 0.15) is 40.5 Å². The molecule has 0 fully saturated rings. The molecule has 0 saturated heterocycles. The fraction of sp³-hybridized carbons (Fsp3) is 0.333. The summed E-state index contributed by atoms with van der Waals surface area (Å²) >= 11 is 2.84. The van der Waals surface area contributed by atoms with Crippen LogP contribution in [-0.4, -0.2) is 17.3 Å². The lowest BCUT2D eigenvalue weighted by molar-refractivity contribution is 0.0499. The first kappa shape index (κ1) is 12.9. The first-order chi connectivity index (χ1) is 7.65.